The van der Waals surface area contributed by atoms with Crippen molar-refractivity contribution < 1.29 is 4.79 Å². The van der Waals surface area contributed by atoms with Crippen molar-refractivity contribution in [3.63, 3.8) is 0 Å². The van der Waals surface area contributed by atoms with Crippen LogP contribution in [0.2, 0.25) is 0 Å². The Balaban J connectivity index is 2.37. The molecule has 1 rings (SSSR count). The van der Waals surface area contributed by atoms with Crippen LogP contribution >= 0.6 is 0 Å². The fraction of sp³-hybridized carbons (Fsp3) is 0.833. The number of carbonyl (C=O) groups is 1. The molecule has 0 aromatic rings. The molecule has 1 saturated carbocycles. The number of nitrogens with zero attached hydrogens (tertiary/aromatic N) is 3. The molecule has 0 heterocycles. The normalized spacial score (nSPS) is 16.9. The van der Waals surface area contributed by atoms with Crippen molar-refractivity contribution in [2.75, 3.05) is 26.7 Å². The lowest BCUT2D eigenvalue weighted by atomic mass is 10.2. The minimum atomic E-state index is -0.0148. The van der Waals surface area contributed by atoms with Crippen LogP contribution in [-0.4, -0.2) is 48.4 Å². The maximum Gasteiger partial charge on any atom is 0.236 e. The zero-order chi connectivity index (χ0) is 12.1. The molecule has 1 amide bonds. The molecule has 1 unspecified atom stereocenters. The molecule has 16 heavy (non-hydrogen) atoms. The van der Waals surface area contributed by atoms with Crippen LogP contribution in [0.25, 0.3) is 0 Å². The number of hydrogen-bond acceptors (Lipinski definition) is 3. The Morgan fingerprint density at radius 3 is 2.62 bits per heavy atom. The number of rotatable bonds is 6. The minimum Gasteiger partial charge on any atom is -0.342 e. The molecule has 0 saturated heterocycles. The van der Waals surface area contributed by atoms with E-state index in [1.54, 1.807) is 0 Å². The lowest BCUT2D eigenvalue weighted by molar-refractivity contribution is -0.131. The van der Waals surface area contributed by atoms with E-state index in [0.717, 1.165) is 19.4 Å². The summed E-state index contributed by atoms with van der Waals surface area (Å²) in [5, 5.41) is 8.75. The van der Waals surface area contributed by atoms with Crippen molar-refractivity contribution in [2.24, 2.45) is 5.92 Å². The summed E-state index contributed by atoms with van der Waals surface area (Å²) in [6.45, 7) is 5.84. The highest BCUT2D eigenvalue weighted by molar-refractivity contribution is 5.78. The van der Waals surface area contributed by atoms with E-state index in [2.05, 4.69) is 6.07 Å². The van der Waals surface area contributed by atoms with Gasteiger partial charge in [0.2, 0.25) is 5.91 Å². The van der Waals surface area contributed by atoms with E-state index in [1.165, 1.54) is 0 Å². The summed E-state index contributed by atoms with van der Waals surface area (Å²) in [4.78, 5) is 15.7. The first-order valence-corrected chi connectivity index (χ1v) is 5.96. The Morgan fingerprint density at radius 1 is 1.56 bits per heavy atom. The first-order chi connectivity index (χ1) is 7.58. The number of carbonyl (C=O) groups excluding carboxylic acids is 1. The molecule has 4 nitrogen and oxygen atoms in total. The predicted molar refractivity (Wildman–Crippen MR) is 62.7 cm³/mol. The third-order valence-electron chi connectivity index (χ3n) is 3.05. The van der Waals surface area contributed by atoms with Crippen molar-refractivity contribution >= 4 is 5.91 Å². The summed E-state index contributed by atoms with van der Waals surface area (Å²) in [5.74, 6) is 0.161. The van der Waals surface area contributed by atoms with Crippen molar-refractivity contribution in [1.82, 2.24) is 9.80 Å². The highest BCUT2D eigenvalue weighted by Crippen LogP contribution is 2.25. The summed E-state index contributed by atoms with van der Waals surface area (Å²) in [6, 6.07) is 2.67. The molecule has 0 radical (unpaired) electrons. The fourth-order valence-corrected chi connectivity index (χ4v) is 1.70. The summed E-state index contributed by atoms with van der Waals surface area (Å²) < 4.78 is 0. The van der Waals surface area contributed by atoms with Crippen molar-refractivity contribution in [1.29, 1.82) is 5.26 Å². The van der Waals surface area contributed by atoms with Crippen molar-refractivity contribution in [2.45, 2.75) is 32.7 Å². The standard InChI is InChI=1S/C12H21N3O/c1-4-15(8-10(2)7-13)9-12(16)14(3)11-5-6-11/h10-11H,4-6,8-9H2,1-3H3. The average Bonchev–Trinajstić information content (AvgIpc) is 3.10. The Kier molecular flexibility index (Phi) is 4.75. The van der Waals surface area contributed by atoms with Gasteiger partial charge in [0.15, 0.2) is 0 Å². The molecular weight excluding hydrogens is 202 g/mol. The Labute approximate surface area is 97.8 Å². The Morgan fingerprint density at radius 2 is 2.19 bits per heavy atom. The van der Waals surface area contributed by atoms with Crippen LogP contribution in [0.4, 0.5) is 0 Å². The number of likely N-dealkylation sites (N-methyl/N-ethyl adjacent to an activating group) is 2. The topological polar surface area (TPSA) is 47.3 Å². The average molecular weight is 223 g/mol. The first-order valence-electron chi connectivity index (χ1n) is 5.96. The molecule has 1 aliphatic rings. The first kappa shape index (κ1) is 13.0. The zero-order valence-corrected chi connectivity index (χ0v) is 10.4. The summed E-state index contributed by atoms with van der Waals surface area (Å²) in [6.07, 6.45) is 2.28. The van der Waals surface area contributed by atoms with Crippen LogP contribution in [0.3, 0.4) is 0 Å². The third-order valence-corrected chi connectivity index (χ3v) is 3.05. The third kappa shape index (κ3) is 3.82. The number of nitriles is 1. The highest BCUT2D eigenvalue weighted by atomic mass is 16.2. The molecule has 0 bridgehead atoms. The molecule has 1 atom stereocenters. The van der Waals surface area contributed by atoms with E-state index >= 15 is 0 Å². The van der Waals surface area contributed by atoms with Gasteiger partial charge in [-0.2, -0.15) is 5.26 Å². The Bertz CT molecular complexity index is 280. The molecule has 0 aromatic carbocycles. The number of amides is 1. The predicted octanol–water partition coefficient (Wildman–Crippen LogP) is 1.09. The van der Waals surface area contributed by atoms with E-state index in [9.17, 15) is 4.79 Å². The Hall–Kier alpha value is -1.08. The van der Waals surface area contributed by atoms with Crippen LogP contribution in [0.15, 0.2) is 0 Å². The van der Waals surface area contributed by atoms with Gasteiger partial charge in [-0.15, -0.1) is 0 Å². The minimum absolute atomic E-state index is 0.0148. The van der Waals surface area contributed by atoms with Gasteiger partial charge < -0.3 is 4.90 Å². The fourth-order valence-electron chi connectivity index (χ4n) is 1.70. The molecule has 1 fully saturated rings. The maximum absolute atomic E-state index is 11.9. The van der Waals surface area contributed by atoms with Crippen molar-refractivity contribution in [3.8, 4) is 6.07 Å². The summed E-state index contributed by atoms with van der Waals surface area (Å²) in [5.41, 5.74) is 0. The molecule has 0 N–H and O–H groups in total. The van der Waals surface area contributed by atoms with Gasteiger partial charge in [0.25, 0.3) is 0 Å². The summed E-state index contributed by atoms with van der Waals surface area (Å²) in [7, 11) is 1.88. The van der Waals surface area contributed by atoms with Crippen LogP contribution in [-0.2, 0) is 4.79 Å². The lowest BCUT2D eigenvalue weighted by Crippen LogP contribution is -2.40. The van der Waals surface area contributed by atoms with Gasteiger partial charge >= 0.3 is 0 Å². The SMILES string of the molecule is CCN(CC(=O)N(C)C1CC1)CC(C)C#N. The molecule has 1 aliphatic carbocycles. The van der Waals surface area contributed by atoms with E-state index in [4.69, 9.17) is 5.26 Å². The van der Waals surface area contributed by atoms with E-state index in [1.807, 2.05) is 30.7 Å². The van der Waals surface area contributed by atoms with Crippen LogP contribution in [0.5, 0.6) is 0 Å². The van der Waals surface area contributed by atoms with Gasteiger partial charge in [-0.3, -0.25) is 9.69 Å². The van der Waals surface area contributed by atoms with Gasteiger partial charge in [0.1, 0.15) is 0 Å². The van der Waals surface area contributed by atoms with Gasteiger partial charge in [-0.25, -0.2) is 0 Å². The van der Waals surface area contributed by atoms with Crippen LogP contribution < -0.4 is 0 Å². The van der Waals surface area contributed by atoms with Gasteiger partial charge in [0, 0.05) is 19.6 Å². The zero-order valence-electron chi connectivity index (χ0n) is 10.4. The second-order valence-corrected chi connectivity index (χ2v) is 4.59. The number of hydrogen-bond donors (Lipinski definition) is 0. The van der Waals surface area contributed by atoms with Gasteiger partial charge in [0.05, 0.1) is 18.5 Å². The molecule has 0 spiro atoms. The van der Waals surface area contributed by atoms with Crippen molar-refractivity contribution in [3.05, 3.63) is 0 Å². The van der Waals surface area contributed by atoms with Crippen LogP contribution in [0.1, 0.15) is 26.7 Å². The molecule has 4 heteroatoms. The second kappa shape index (κ2) is 5.86. The monoisotopic (exact) mass is 223 g/mol. The molecule has 0 aliphatic heterocycles. The second-order valence-electron chi connectivity index (χ2n) is 4.59. The maximum atomic E-state index is 11.9. The van der Waals surface area contributed by atoms with E-state index in [-0.39, 0.29) is 11.8 Å². The summed E-state index contributed by atoms with van der Waals surface area (Å²) >= 11 is 0. The largest absolute Gasteiger partial charge is 0.342 e. The molecule has 0 aromatic heterocycles. The van der Waals surface area contributed by atoms with Gasteiger partial charge in [-0.1, -0.05) is 6.92 Å². The highest BCUT2D eigenvalue weighted by Gasteiger charge is 2.30. The molecule has 90 valence electrons. The quantitative estimate of drug-likeness (QED) is 0.677. The van der Waals surface area contributed by atoms with Gasteiger partial charge in [-0.05, 0) is 26.3 Å². The van der Waals surface area contributed by atoms with E-state index < -0.39 is 0 Å². The lowest BCUT2D eigenvalue weighted by Gasteiger charge is -2.24. The smallest absolute Gasteiger partial charge is 0.236 e. The van der Waals surface area contributed by atoms with E-state index in [0.29, 0.717) is 19.1 Å². The van der Waals surface area contributed by atoms with Crippen LogP contribution in [0, 0.1) is 17.2 Å². The molecular formula is C12H21N3O.